The average molecular weight is 566 g/mol. The molecule has 1 unspecified atom stereocenters. The summed E-state index contributed by atoms with van der Waals surface area (Å²) in [6.07, 6.45) is 12.5. The number of imidazole rings is 1. The minimum absolute atomic E-state index is 0.111. The quantitative estimate of drug-likeness (QED) is 0.501. The number of nitrogens with zero attached hydrogens (tertiary/aromatic N) is 4. The van der Waals surface area contributed by atoms with Gasteiger partial charge in [-0.2, -0.15) is 0 Å². The van der Waals surface area contributed by atoms with Crippen LogP contribution in [0.1, 0.15) is 83.8 Å². The topological polar surface area (TPSA) is 142 Å². The van der Waals surface area contributed by atoms with Crippen molar-refractivity contribution in [3.05, 3.63) is 12.7 Å². The molecule has 4 heterocycles. The van der Waals surface area contributed by atoms with Crippen LogP contribution < -0.4 is 16.0 Å². The fourth-order valence-electron chi connectivity index (χ4n) is 9.23. The Bertz CT molecular complexity index is 1320. The lowest BCUT2D eigenvalue weighted by molar-refractivity contribution is -0.229. The lowest BCUT2D eigenvalue weighted by Gasteiger charge is -2.56. The normalized spacial score (nSPS) is 38.3. The maximum Gasteiger partial charge on any atom is 0.320 e. The first-order chi connectivity index (χ1) is 19.9. The summed E-state index contributed by atoms with van der Waals surface area (Å²) in [5.74, 6) is 1.64. The van der Waals surface area contributed by atoms with Crippen molar-refractivity contribution in [3.8, 4) is 0 Å². The molecule has 2 saturated heterocycles. The van der Waals surface area contributed by atoms with Crippen LogP contribution in [0.25, 0.3) is 11.2 Å². The van der Waals surface area contributed by atoms with E-state index in [9.17, 15) is 9.59 Å². The predicted molar refractivity (Wildman–Crippen MR) is 147 cm³/mol. The number of rotatable bonds is 5. The van der Waals surface area contributed by atoms with E-state index in [1.54, 1.807) is 10.9 Å². The van der Waals surface area contributed by atoms with Crippen LogP contribution in [-0.4, -0.2) is 67.6 Å². The highest BCUT2D eigenvalue weighted by molar-refractivity contribution is 5.96. The standard InChI is InChI=1S/C29H39N7O5/c1-2-30-25(37)21-20-22(41-29(40-20)6-4-3-5-7-29)26(39-21)36-15-33-19-23(31-14-32-24(19)36)34-27(38)35-28-11-16-8-17(12-28)10-18(9-16)13-28/h14-18,20-22,26H,2-13H2,1H3,(H,30,37)(H2,31,32,34,35,38)/t16?,17?,18?,20?,21-,22-,26+,28?/m0/s1. The van der Waals surface area contributed by atoms with Crippen LogP contribution in [0.2, 0.25) is 0 Å². The van der Waals surface area contributed by atoms with Crippen LogP contribution >= 0.6 is 0 Å². The van der Waals surface area contributed by atoms with E-state index in [2.05, 4.69) is 30.9 Å². The first-order valence-electron chi connectivity index (χ1n) is 15.5. The first kappa shape index (κ1) is 25.8. The number of aromatic nitrogens is 4. The Morgan fingerprint density at radius 2 is 1.68 bits per heavy atom. The molecule has 220 valence electrons. The molecule has 0 aromatic carbocycles. The molecule has 2 aliphatic heterocycles. The van der Waals surface area contributed by atoms with Gasteiger partial charge in [0.1, 0.15) is 18.5 Å². The summed E-state index contributed by atoms with van der Waals surface area (Å²) in [5, 5.41) is 9.18. The maximum atomic E-state index is 13.3. The van der Waals surface area contributed by atoms with Crippen molar-refractivity contribution in [2.75, 3.05) is 11.9 Å². The molecule has 5 aliphatic carbocycles. The fourth-order valence-corrected chi connectivity index (χ4v) is 9.23. The predicted octanol–water partition coefficient (Wildman–Crippen LogP) is 3.39. The van der Waals surface area contributed by atoms with E-state index in [-0.39, 0.29) is 17.5 Å². The summed E-state index contributed by atoms with van der Waals surface area (Å²) >= 11 is 0. The second-order valence-corrected chi connectivity index (χ2v) is 13.3. The van der Waals surface area contributed by atoms with Gasteiger partial charge in [0.05, 0.1) is 6.33 Å². The summed E-state index contributed by atoms with van der Waals surface area (Å²) in [7, 11) is 0. The second kappa shape index (κ2) is 9.60. The third kappa shape index (κ3) is 4.32. The molecule has 3 N–H and O–H groups in total. The number of carbonyl (C=O) groups is 2. The summed E-state index contributed by atoms with van der Waals surface area (Å²) in [5.41, 5.74) is 0.847. The highest BCUT2D eigenvalue weighted by Crippen LogP contribution is 2.55. The van der Waals surface area contributed by atoms with Gasteiger partial charge in [0.15, 0.2) is 35.1 Å². The summed E-state index contributed by atoms with van der Waals surface area (Å²) in [6, 6.07) is -0.248. The van der Waals surface area contributed by atoms with Gasteiger partial charge in [-0.1, -0.05) is 6.42 Å². The van der Waals surface area contributed by atoms with Crippen LogP contribution in [-0.2, 0) is 19.0 Å². The van der Waals surface area contributed by atoms with Gasteiger partial charge in [-0.05, 0) is 76.0 Å². The van der Waals surface area contributed by atoms with E-state index in [1.807, 2.05) is 6.92 Å². The Morgan fingerprint density at radius 1 is 0.976 bits per heavy atom. The van der Waals surface area contributed by atoms with Crippen molar-refractivity contribution in [1.29, 1.82) is 0 Å². The minimum Gasteiger partial charge on any atom is -0.354 e. The van der Waals surface area contributed by atoms with E-state index in [0.717, 1.165) is 69.1 Å². The van der Waals surface area contributed by atoms with E-state index in [1.165, 1.54) is 25.6 Å². The molecular weight excluding hydrogens is 526 g/mol. The average Bonchev–Trinajstić information content (AvgIpc) is 3.60. The molecule has 9 rings (SSSR count). The fraction of sp³-hybridized carbons (Fsp3) is 0.759. The summed E-state index contributed by atoms with van der Waals surface area (Å²) < 4.78 is 21.2. The van der Waals surface area contributed by atoms with Crippen molar-refractivity contribution in [3.63, 3.8) is 0 Å². The van der Waals surface area contributed by atoms with Crippen LogP contribution in [0.15, 0.2) is 12.7 Å². The van der Waals surface area contributed by atoms with E-state index >= 15 is 0 Å². The molecule has 2 aromatic rings. The zero-order valence-corrected chi connectivity index (χ0v) is 23.5. The minimum atomic E-state index is -0.811. The Hall–Kier alpha value is -2.83. The molecule has 5 saturated carbocycles. The molecule has 4 atom stereocenters. The number of nitrogens with one attached hydrogen (secondary N) is 3. The Balaban J connectivity index is 1.05. The van der Waals surface area contributed by atoms with Crippen LogP contribution in [0.5, 0.6) is 0 Å². The Kier molecular flexibility index (Phi) is 6.05. The third-order valence-electron chi connectivity index (χ3n) is 10.4. The molecule has 7 fully saturated rings. The second-order valence-electron chi connectivity index (χ2n) is 13.3. The van der Waals surface area contributed by atoms with Crippen molar-refractivity contribution < 1.29 is 23.8 Å². The highest BCUT2D eigenvalue weighted by atomic mass is 16.8. The number of carbonyl (C=O) groups excluding carboxylic acids is 2. The zero-order chi connectivity index (χ0) is 27.8. The highest BCUT2D eigenvalue weighted by Gasteiger charge is 2.61. The van der Waals surface area contributed by atoms with Gasteiger partial charge in [-0.25, -0.2) is 19.7 Å². The monoisotopic (exact) mass is 565 g/mol. The van der Waals surface area contributed by atoms with E-state index in [0.29, 0.717) is 23.5 Å². The molecule has 2 aromatic heterocycles. The van der Waals surface area contributed by atoms with Gasteiger partial charge in [-0.15, -0.1) is 0 Å². The molecule has 4 bridgehead atoms. The van der Waals surface area contributed by atoms with Crippen molar-refractivity contribution >= 4 is 28.9 Å². The van der Waals surface area contributed by atoms with Crippen molar-refractivity contribution in [2.24, 2.45) is 17.8 Å². The SMILES string of the molecule is CCNC(=O)[C@H]1O[C@@H](n2cnc3c(NC(=O)NC45CC6CC(CC(C6)C4)C5)ncnc32)[C@H]2OC3(CCCCC3)OC12. The van der Waals surface area contributed by atoms with Gasteiger partial charge in [0.2, 0.25) is 0 Å². The largest absolute Gasteiger partial charge is 0.354 e. The van der Waals surface area contributed by atoms with Crippen molar-refractivity contribution in [2.45, 2.75) is 113 Å². The van der Waals surface area contributed by atoms with Gasteiger partial charge < -0.3 is 24.8 Å². The first-order valence-corrected chi connectivity index (χ1v) is 15.5. The number of hydrogen-bond acceptors (Lipinski definition) is 8. The smallest absolute Gasteiger partial charge is 0.320 e. The van der Waals surface area contributed by atoms with Gasteiger partial charge in [0.25, 0.3) is 5.91 Å². The van der Waals surface area contributed by atoms with E-state index in [4.69, 9.17) is 14.2 Å². The zero-order valence-electron chi connectivity index (χ0n) is 23.5. The Labute approximate surface area is 238 Å². The van der Waals surface area contributed by atoms with Crippen LogP contribution in [0.4, 0.5) is 10.6 Å². The number of amides is 3. The number of likely N-dealkylation sites (N-methyl/N-ethyl adjacent to an activating group) is 1. The van der Waals surface area contributed by atoms with Crippen LogP contribution in [0.3, 0.4) is 0 Å². The Morgan fingerprint density at radius 3 is 2.39 bits per heavy atom. The van der Waals surface area contributed by atoms with Gasteiger partial charge >= 0.3 is 6.03 Å². The number of urea groups is 1. The number of fused-ring (bicyclic) bond motifs is 2. The van der Waals surface area contributed by atoms with Crippen molar-refractivity contribution in [1.82, 2.24) is 30.2 Å². The maximum absolute atomic E-state index is 13.3. The number of ether oxygens (including phenoxy) is 3. The van der Waals surface area contributed by atoms with Gasteiger partial charge in [0, 0.05) is 24.9 Å². The molecule has 12 nitrogen and oxygen atoms in total. The van der Waals surface area contributed by atoms with E-state index < -0.39 is 30.3 Å². The molecule has 3 amide bonds. The van der Waals surface area contributed by atoms with Crippen LogP contribution in [0, 0.1) is 17.8 Å². The molecule has 41 heavy (non-hydrogen) atoms. The molecule has 7 aliphatic rings. The number of hydrogen-bond donors (Lipinski definition) is 3. The van der Waals surface area contributed by atoms with Gasteiger partial charge in [-0.3, -0.25) is 14.7 Å². The molecular formula is C29H39N7O5. The number of anilines is 1. The lowest BCUT2D eigenvalue weighted by Crippen LogP contribution is -2.60. The molecule has 12 heteroatoms. The summed E-state index contributed by atoms with van der Waals surface area (Å²) in [6.45, 7) is 2.37. The molecule has 1 spiro atoms. The lowest BCUT2D eigenvalue weighted by atomic mass is 9.53. The summed E-state index contributed by atoms with van der Waals surface area (Å²) in [4.78, 5) is 39.7. The third-order valence-corrected chi connectivity index (χ3v) is 10.4. The molecule has 0 radical (unpaired) electrons.